The number of carbonyl (C=O) groups excluding carboxylic acids is 2. The number of imide groups is 1. The van der Waals surface area contributed by atoms with Gasteiger partial charge in [-0.3, -0.25) is 14.9 Å². The minimum Gasteiger partial charge on any atom is -0.282 e. The van der Waals surface area contributed by atoms with Crippen LogP contribution in [0.4, 0.5) is 4.79 Å². The van der Waals surface area contributed by atoms with Crippen LogP contribution in [0.15, 0.2) is 29.2 Å². The SMILES string of the molecule is O=C1NC(=O)/C(=C/c2ccc(C3CCCC3)cc2)S1. The first-order chi connectivity index (χ1) is 9.22. The van der Waals surface area contributed by atoms with Gasteiger partial charge >= 0.3 is 0 Å². The molecule has 4 heteroatoms. The highest BCUT2D eigenvalue weighted by Crippen LogP contribution is 2.34. The summed E-state index contributed by atoms with van der Waals surface area (Å²) in [7, 11) is 0. The van der Waals surface area contributed by atoms with E-state index in [2.05, 4.69) is 17.4 Å². The van der Waals surface area contributed by atoms with Crippen molar-refractivity contribution >= 4 is 29.0 Å². The molecule has 1 heterocycles. The molecule has 0 atom stereocenters. The van der Waals surface area contributed by atoms with Gasteiger partial charge in [0.05, 0.1) is 4.91 Å². The van der Waals surface area contributed by atoms with E-state index >= 15 is 0 Å². The van der Waals surface area contributed by atoms with Crippen molar-refractivity contribution in [2.45, 2.75) is 31.6 Å². The van der Waals surface area contributed by atoms with Crippen molar-refractivity contribution in [3.05, 3.63) is 40.3 Å². The lowest BCUT2D eigenvalue weighted by Gasteiger charge is -2.09. The van der Waals surface area contributed by atoms with Gasteiger partial charge in [0.1, 0.15) is 0 Å². The molecule has 1 aromatic rings. The highest BCUT2D eigenvalue weighted by Gasteiger charge is 2.24. The first kappa shape index (κ1) is 12.5. The van der Waals surface area contributed by atoms with Crippen LogP contribution in [-0.2, 0) is 4.79 Å². The predicted octanol–water partition coefficient (Wildman–Crippen LogP) is 3.67. The molecule has 2 amide bonds. The summed E-state index contributed by atoms with van der Waals surface area (Å²) in [4.78, 5) is 23.0. The third-order valence-electron chi connectivity index (χ3n) is 3.70. The van der Waals surface area contributed by atoms with Gasteiger partial charge in [0.15, 0.2) is 0 Å². The summed E-state index contributed by atoms with van der Waals surface area (Å²) in [5.41, 5.74) is 2.35. The van der Waals surface area contributed by atoms with Gasteiger partial charge in [-0.2, -0.15) is 0 Å². The van der Waals surface area contributed by atoms with Gasteiger partial charge in [0.25, 0.3) is 11.1 Å². The van der Waals surface area contributed by atoms with Crippen molar-refractivity contribution in [2.24, 2.45) is 0 Å². The zero-order valence-electron chi connectivity index (χ0n) is 10.5. The molecule has 1 aliphatic heterocycles. The van der Waals surface area contributed by atoms with Crippen molar-refractivity contribution in [2.75, 3.05) is 0 Å². The molecule has 1 saturated heterocycles. The van der Waals surface area contributed by atoms with Crippen molar-refractivity contribution < 1.29 is 9.59 Å². The number of hydrogen-bond acceptors (Lipinski definition) is 3. The second-order valence-corrected chi connectivity index (χ2v) is 6.02. The second kappa shape index (κ2) is 5.21. The van der Waals surface area contributed by atoms with E-state index in [0.29, 0.717) is 10.8 Å². The molecule has 0 unspecified atom stereocenters. The van der Waals surface area contributed by atoms with E-state index in [1.807, 2.05) is 12.1 Å². The normalized spacial score (nSPS) is 22.2. The first-order valence-corrected chi connectivity index (χ1v) is 7.39. The molecular formula is C15H15NO2S. The van der Waals surface area contributed by atoms with Crippen LogP contribution in [0.3, 0.4) is 0 Å². The number of hydrogen-bond donors (Lipinski definition) is 1. The topological polar surface area (TPSA) is 46.2 Å². The van der Waals surface area contributed by atoms with E-state index in [1.54, 1.807) is 6.08 Å². The zero-order chi connectivity index (χ0) is 13.2. The van der Waals surface area contributed by atoms with E-state index in [4.69, 9.17) is 0 Å². The minimum atomic E-state index is -0.296. The van der Waals surface area contributed by atoms with E-state index in [-0.39, 0.29) is 11.1 Å². The maximum Gasteiger partial charge on any atom is 0.290 e. The van der Waals surface area contributed by atoms with Crippen LogP contribution in [0.25, 0.3) is 6.08 Å². The predicted molar refractivity (Wildman–Crippen MR) is 76.8 cm³/mol. The molecule has 3 rings (SSSR count). The fraction of sp³-hybridized carbons (Fsp3) is 0.333. The third kappa shape index (κ3) is 2.73. The lowest BCUT2D eigenvalue weighted by Crippen LogP contribution is -2.17. The number of thioether (sulfide) groups is 1. The fourth-order valence-corrected chi connectivity index (χ4v) is 3.38. The average molecular weight is 273 g/mol. The molecule has 1 aliphatic carbocycles. The van der Waals surface area contributed by atoms with Gasteiger partial charge in [-0.15, -0.1) is 0 Å². The Morgan fingerprint density at radius 1 is 1.11 bits per heavy atom. The summed E-state index contributed by atoms with van der Waals surface area (Å²) in [5, 5.41) is 1.97. The molecule has 2 fully saturated rings. The Labute approximate surface area is 116 Å². The molecule has 1 aromatic carbocycles. The van der Waals surface area contributed by atoms with Gasteiger partial charge in [0.2, 0.25) is 0 Å². The Kier molecular flexibility index (Phi) is 3.42. The standard InChI is InChI=1S/C15H15NO2S/c17-14-13(19-15(18)16-14)9-10-5-7-12(8-6-10)11-3-1-2-4-11/h5-9,11H,1-4H2,(H,16,17,18)/b13-9-. The Hall–Kier alpha value is -1.55. The van der Waals surface area contributed by atoms with Crippen molar-refractivity contribution in [1.82, 2.24) is 5.32 Å². The largest absolute Gasteiger partial charge is 0.290 e. The Balaban J connectivity index is 1.77. The summed E-state index contributed by atoms with van der Waals surface area (Å²) < 4.78 is 0. The number of benzene rings is 1. The maximum absolute atomic E-state index is 11.4. The second-order valence-electron chi connectivity index (χ2n) is 5.00. The number of carbonyl (C=O) groups is 2. The molecule has 19 heavy (non-hydrogen) atoms. The van der Waals surface area contributed by atoms with Gasteiger partial charge < -0.3 is 0 Å². The van der Waals surface area contributed by atoms with Crippen LogP contribution in [0.2, 0.25) is 0 Å². The fourth-order valence-electron chi connectivity index (χ4n) is 2.70. The van der Waals surface area contributed by atoms with Crippen LogP contribution < -0.4 is 5.32 Å². The van der Waals surface area contributed by atoms with Crippen LogP contribution in [0.5, 0.6) is 0 Å². The molecule has 0 aromatic heterocycles. The van der Waals surface area contributed by atoms with Crippen LogP contribution in [-0.4, -0.2) is 11.1 Å². The molecule has 0 radical (unpaired) electrons. The van der Waals surface area contributed by atoms with Crippen LogP contribution in [0.1, 0.15) is 42.7 Å². The highest BCUT2D eigenvalue weighted by atomic mass is 32.2. The third-order valence-corrected chi connectivity index (χ3v) is 4.51. The molecule has 2 aliphatic rings. The van der Waals surface area contributed by atoms with Gasteiger partial charge in [-0.25, -0.2) is 0 Å². The van der Waals surface area contributed by atoms with Crippen LogP contribution in [0, 0.1) is 0 Å². The van der Waals surface area contributed by atoms with E-state index in [9.17, 15) is 9.59 Å². The minimum absolute atomic E-state index is 0.293. The smallest absolute Gasteiger partial charge is 0.282 e. The van der Waals surface area contributed by atoms with E-state index in [1.165, 1.54) is 31.2 Å². The first-order valence-electron chi connectivity index (χ1n) is 6.57. The Morgan fingerprint density at radius 2 is 1.79 bits per heavy atom. The lowest BCUT2D eigenvalue weighted by atomic mass is 9.97. The highest BCUT2D eigenvalue weighted by molar-refractivity contribution is 8.18. The van der Waals surface area contributed by atoms with Crippen molar-refractivity contribution in [3.8, 4) is 0 Å². The molecule has 1 saturated carbocycles. The lowest BCUT2D eigenvalue weighted by molar-refractivity contribution is -0.115. The van der Waals surface area contributed by atoms with Crippen LogP contribution >= 0.6 is 11.8 Å². The quantitative estimate of drug-likeness (QED) is 0.836. The molecule has 1 N–H and O–H groups in total. The van der Waals surface area contributed by atoms with Gasteiger partial charge in [-0.1, -0.05) is 37.1 Å². The zero-order valence-corrected chi connectivity index (χ0v) is 11.3. The number of amides is 2. The van der Waals surface area contributed by atoms with Crippen molar-refractivity contribution in [3.63, 3.8) is 0 Å². The maximum atomic E-state index is 11.4. The average Bonchev–Trinajstić information content (AvgIpc) is 3.01. The summed E-state index contributed by atoms with van der Waals surface area (Å²) in [6, 6.07) is 8.33. The molecule has 0 bridgehead atoms. The summed E-state index contributed by atoms with van der Waals surface area (Å²) >= 11 is 0.960. The molecule has 0 spiro atoms. The van der Waals surface area contributed by atoms with Gasteiger partial charge in [-0.05, 0) is 47.7 Å². The monoisotopic (exact) mass is 273 g/mol. The molecular weight excluding hydrogens is 258 g/mol. The molecule has 3 nitrogen and oxygen atoms in total. The summed E-state index contributed by atoms with van der Waals surface area (Å²) in [5.74, 6) is 0.405. The Morgan fingerprint density at radius 3 is 2.37 bits per heavy atom. The van der Waals surface area contributed by atoms with Crippen molar-refractivity contribution in [1.29, 1.82) is 0 Å². The van der Waals surface area contributed by atoms with Gasteiger partial charge in [0, 0.05) is 0 Å². The molecule has 98 valence electrons. The summed E-state index contributed by atoms with van der Waals surface area (Å²) in [6.07, 6.45) is 6.99. The summed E-state index contributed by atoms with van der Waals surface area (Å²) in [6.45, 7) is 0. The number of nitrogens with one attached hydrogen (secondary N) is 1. The van der Waals surface area contributed by atoms with E-state index < -0.39 is 0 Å². The number of rotatable bonds is 2. The van der Waals surface area contributed by atoms with E-state index in [0.717, 1.165) is 17.3 Å². The Bertz CT molecular complexity index is 542.